The first-order chi connectivity index (χ1) is 9.69. The van der Waals surface area contributed by atoms with Gasteiger partial charge in [-0.15, -0.1) is 0 Å². The molecular formula is C17H37N3O. The van der Waals surface area contributed by atoms with Crippen LogP contribution in [0, 0.1) is 17.3 Å². The van der Waals surface area contributed by atoms with Gasteiger partial charge in [-0.1, -0.05) is 46.7 Å². The number of oxime groups is 1. The number of hydrogen-bond donors (Lipinski definition) is 2. The molecule has 0 aliphatic heterocycles. The Hall–Kier alpha value is -0.770. The maximum Gasteiger partial charge on any atom is 0.144 e. The van der Waals surface area contributed by atoms with E-state index in [0.717, 1.165) is 31.2 Å². The second-order valence-electron chi connectivity index (χ2n) is 7.68. The summed E-state index contributed by atoms with van der Waals surface area (Å²) in [6.45, 7) is 16.6. The highest BCUT2D eigenvalue weighted by Gasteiger charge is 2.23. The summed E-state index contributed by atoms with van der Waals surface area (Å²) in [5.74, 6) is 1.83. The zero-order valence-electron chi connectivity index (χ0n) is 15.0. The first-order valence-corrected chi connectivity index (χ1v) is 8.39. The lowest BCUT2D eigenvalue weighted by atomic mass is 9.86. The van der Waals surface area contributed by atoms with Crippen LogP contribution in [0.1, 0.15) is 67.2 Å². The molecule has 21 heavy (non-hydrogen) atoms. The first kappa shape index (κ1) is 20.2. The Morgan fingerprint density at radius 1 is 1.05 bits per heavy atom. The zero-order chi connectivity index (χ0) is 16.5. The predicted molar refractivity (Wildman–Crippen MR) is 91.8 cm³/mol. The van der Waals surface area contributed by atoms with Crippen LogP contribution in [0.3, 0.4) is 0 Å². The highest BCUT2D eigenvalue weighted by Crippen LogP contribution is 2.22. The fraction of sp³-hybridized carbons (Fsp3) is 0.941. The summed E-state index contributed by atoms with van der Waals surface area (Å²) >= 11 is 0. The topological polar surface area (TPSA) is 61.8 Å². The Balaban J connectivity index is 4.27. The quantitative estimate of drug-likeness (QED) is 0.263. The lowest BCUT2D eigenvalue weighted by Crippen LogP contribution is -2.34. The Morgan fingerprint density at radius 2 is 1.52 bits per heavy atom. The van der Waals surface area contributed by atoms with Crippen molar-refractivity contribution in [3.05, 3.63) is 0 Å². The summed E-state index contributed by atoms with van der Waals surface area (Å²) in [6, 6.07) is 0. The summed E-state index contributed by atoms with van der Waals surface area (Å²) in [5.41, 5.74) is 5.53. The number of amidine groups is 1. The molecule has 0 aliphatic carbocycles. The molecule has 0 aromatic carbocycles. The van der Waals surface area contributed by atoms with Crippen molar-refractivity contribution >= 4 is 5.84 Å². The third kappa shape index (κ3) is 9.72. The second-order valence-corrected chi connectivity index (χ2v) is 7.68. The van der Waals surface area contributed by atoms with E-state index in [1.54, 1.807) is 0 Å². The van der Waals surface area contributed by atoms with Gasteiger partial charge in [-0.3, -0.25) is 0 Å². The molecule has 0 radical (unpaired) electrons. The lowest BCUT2D eigenvalue weighted by molar-refractivity contribution is 0.230. The van der Waals surface area contributed by atoms with Crippen LogP contribution in [0.2, 0.25) is 0 Å². The van der Waals surface area contributed by atoms with Gasteiger partial charge < -0.3 is 15.8 Å². The van der Waals surface area contributed by atoms with Crippen LogP contribution in [-0.2, 0) is 0 Å². The van der Waals surface area contributed by atoms with Crippen LogP contribution < -0.4 is 5.73 Å². The monoisotopic (exact) mass is 299 g/mol. The van der Waals surface area contributed by atoms with Gasteiger partial charge in [0, 0.05) is 5.41 Å². The maximum atomic E-state index is 8.82. The molecule has 0 saturated carbocycles. The summed E-state index contributed by atoms with van der Waals surface area (Å²) in [5, 5.41) is 12.0. The smallest absolute Gasteiger partial charge is 0.144 e. The minimum atomic E-state index is -0.226. The normalized spacial score (nSPS) is 13.7. The lowest BCUT2D eigenvalue weighted by Gasteiger charge is -2.27. The summed E-state index contributed by atoms with van der Waals surface area (Å²) < 4.78 is 0. The molecule has 0 heterocycles. The van der Waals surface area contributed by atoms with Crippen molar-refractivity contribution in [3.63, 3.8) is 0 Å². The molecule has 0 aromatic rings. The highest BCUT2D eigenvalue weighted by molar-refractivity contribution is 5.85. The van der Waals surface area contributed by atoms with E-state index in [4.69, 9.17) is 10.9 Å². The van der Waals surface area contributed by atoms with Gasteiger partial charge in [0.05, 0.1) is 0 Å². The van der Waals surface area contributed by atoms with Gasteiger partial charge in [0.25, 0.3) is 0 Å². The maximum absolute atomic E-state index is 8.82. The predicted octanol–water partition coefficient (Wildman–Crippen LogP) is 3.93. The van der Waals surface area contributed by atoms with Crippen molar-refractivity contribution in [2.45, 2.75) is 67.2 Å². The summed E-state index contributed by atoms with van der Waals surface area (Å²) in [4.78, 5) is 2.57. The molecular weight excluding hydrogens is 262 g/mol. The fourth-order valence-corrected chi connectivity index (χ4v) is 2.22. The zero-order valence-corrected chi connectivity index (χ0v) is 15.0. The molecule has 0 saturated heterocycles. The molecule has 4 nitrogen and oxygen atoms in total. The van der Waals surface area contributed by atoms with Gasteiger partial charge in [0.2, 0.25) is 0 Å². The molecule has 0 atom stereocenters. The van der Waals surface area contributed by atoms with E-state index < -0.39 is 0 Å². The average molecular weight is 300 g/mol. The minimum Gasteiger partial charge on any atom is -0.409 e. The largest absolute Gasteiger partial charge is 0.409 e. The Labute approximate surface area is 131 Å². The molecule has 0 spiro atoms. The van der Waals surface area contributed by atoms with Crippen molar-refractivity contribution in [2.75, 3.05) is 19.6 Å². The fourth-order valence-electron chi connectivity index (χ4n) is 2.22. The van der Waals surface area contributed by atoms with Gasteiger partial charge in [0.15, 0.2) is 0 Å². The Bertz CT molecular complexity index is 286. The van der Waals surface area contributed by atoms with E-state index in [-0.39, 0.29) is 5.41 Å². The standard InChI is InChI=1S/C17H37N3O/c1-14(2)8-12-20(13-9-15(3)4)11-7-10-17(5,6)16(18)19-21/h14-15,21H,7-13H2,1-6H3,(H2,18,19). The molecule has 3 N–H and O–H groups in total. The van der Waals surface area contributed by atoms with Crippen LogP contribution in [0.4, 0.5) is 0 Å². The molecule has 0 rings (SSSR count). The van der Waals surface area contributed by atoms with Gasteiger partial charge >= 0.3 is 0 Å². The number of rotatable bonds is 11. The molecule has 0 amide bonds. The molecule has 126 valence electrons. The highest BCUT2D eigenvalue weighted by atomic mass is 16.4. The first-order valence-electron chi connectivity index (χ1n) is 8.39. The van der Waals surface area contributed by atoms with E-state index in [2.05, 4.69) is 37.8 Å². The van der Waals surface area contributed by atoms with Crippen LogP contribution in [-0.4, -0.2) is 35.6 Å². The van der Waals surface area contributed by atoms with Gasteiger partial charge in [-0.05, 0) is 57.2 Å². The van der Waals surface area contributed by atoms with Crippen molar-refractivity contribution in [1.29, 1.82) is 0 Å². The number of nitrogens with two attached hydrogens (primary N) is 1. The third-order valence-corrected chi connectivity index (χ3v) is 4.12. The van der Waals surface area contributed by atoms with Crippen LogP contribution in [0.5, 0.6) is 0 Å². The van der Waals surface area contributed by atoms with E-state index in [1.165, 1.54) is 25.9 Å². The molecule has 0 unspecified atom stereocenters. The van der Waals surface area contributed by atoms with Crippen LogP contribution in [0.25, 0.3) is 0 Å². The van der Waals surface area contributed by atoms with E-state index >= 15 is 0 Å². The molecule has 0 bridgehead atoms. The SMILES string of the molecule is CC(C)CCN(CCCC(C)(C)C(N)=NO)CCC(C)C. The molecule has 0 aromatic heterocycles. The molecule has 0 fully saturated rings. The van der Waals surface area contributed by atoms with E-state index in [0.29, 0.717) is 5.84 Å². The van der Waals surface area contributed by atoms with E-state index in [1.807, 2.05) is 13.8 Å². The third-order valence-electron chi connectivity index (χ3n) is 4.12. The van der Waals surface area contributed by atoms with Gasteiger partial charge in [-0.25, -0.2) is 0 Å². The van der Waals surface area contributed by atoms with Crippen molar-refractivity contribution in [3.8, 4) is 0 Å². The second kappa shape index (κ2) is 10.0. The van der Waals surface area contributed by atoms with Crippen LogP contribution in [0.15, 0.2) is 5.16 Å². The molecule has 4 heteroatoms. The molecule has 0 aliphatic rings. The Morgan fingerprint density at radius 3 is 1.90 bits per heavy atom. The van der Waals surface area contributed by atoms with Gasteiger partial charge in [0.1, 0.15) is 5.84 Å². The Kier molecular flexibility index (Phi) is 9.67. The minimum absolute atomic E-state index is 0.226. The number of hydrogen-bond acceptors (Lipinski definition) is 3. The number of nitrogens with zero attached hydrogens (tertiary/aromatic N) is 2. The van der Waals surface area contributed by atoms with Crippen molar-refractivity contribution in [1.82, 2.24) is 4.90 Å². The van der Waals surface area contributed by atoms with Gasteiger partial charge in [-0.2, -0.15) is 0 Å². The van der Waals surface area contributed by atoms with Crippen LogP contribution >= 0.6 is 0 Å². The van der Waals surface area contributed by atoms with Crippen molar-refractivity contribution in [2.24, 2.45) is 28.1 Å². The van der Waals surface area contributed by atoms with Crippen molar-refractivity contribution < 1.29 is 5.21 Å². The average Bonchev–Trinajstić information content (AvgIpc) is 2.39. The van der Waals surface area contributed by atoms with E-state index in [9.17, 15) is 0 Å². The summed E-state index contributed by atoms with van der Waals surface area (Å²) in [6.07, 6.45) is 4.53. The summed E-state index contributed by atoms with van der Waals surface area (Å²) in [7, 11) is 0.